The summed E-state index contributed by atoms with van der Waals surface area (Å²) in [5.74, 6) is 1.44. The summed E-state index contributed by atoms with van der Waals surface area (Å²) in [6.07, 6.45) is 0.00870. The number of carbonyl (C=O) groups excluding carboxylic acids is 1. The number of nitrogen functional groups attached to an aromatic ring is 1. The molecule has 25 heavy (non-hydrogen) atoms. The fraction of sp³-hybridized carbons (Fsp3) is 0.316. The molecule has 6 heteroatoms. The van der Waals surface area contributed by atoms with Gasteiger partial charge in [-0.25, -0.2) is 0 Å². The molecule has 0 aromatic heterocycles. The molecule has 3 N–H and O–H groups in total. The van der Waals surface area contributed by atoms with Crippen LogP contribution in [0.3, 0.4) is 0 Å². The van der Waals surface area contributed by atoms with Crippen molar-refractivity contribution < 1.29 is 14.3 Å². The van der Waals surface area contributed by atoms with Crippen molar-refractivity contribution in [1.82, 2.24) is 0 Å². The van der Waals surface area contributed by atoms with Gasteiger partial charge in [-0.15, -0.1) is 0 Å². The van der Waals surface area contributed by atoms with E-state index >= 15 is 0 Å². The van der Waals surface area contributed by atoms with Crippen LogP contribution in [0.4, 0.5) is 17.1 Å². The normalized spacial score (nSPS) is 15.9. The molecule has 1 aliphatic rings. The molecular formula is C19H23N3O3. The molecule has 1 amide bonds. The number of amides is 1. The van der Waals surface area contributed by atoms with Crippen molar-refractivity contribution in [3.63, 3.8) is 0 Å². The van der Waals surface area contributed by atoms with Gasteiger partial charge in [-0.05, 0) is 56.3 Å². The zero-order valence-corrected chi connectivity index (χ0v) is 14.5. The Labute approximate surface area is 147 Å². The molecule has 0 spiro atoms. The Bertz CT molecular complexity index is 746. The average Bonchev–Trinajstić information content (AvgIpc) is 2.57. The van der Waals surface area contributed by atoms with Crippen LogP contribution in [-0.2, 0) is 4.79 Å². The summed E-state index contributed by atoms with van der Waals surface area (Å²) in [5, 5.41) is 2.91. The Hall–Kier alpha value is -2.89. The second-order valence-corrected chi connectivity index (χ2v) is 6.04. The zero-order chi connectivity index (χ0) is 17.8. The minimum absolute atomic E-state index is 0.00870. The topological polar surface area (TPSA) is 76.8 Å². The lowest BCUT2D eigenvalue weighted by Gasteiger charge is -2.34. The van der Waals surface area contributed by atoms with E-state index in [9.17, 15) is 4.79 Å². The van der Waals surface area contributed by atoms with E-state index in [2.05, 4.69) is 5.32 Å². The number of fused-ring (bicyclic) bond motifs is 1. The molecule has 6 nitrogen and oxygen atoms in total. The summed E-state index contributed by atoms with van der Waals surface area (Å²) in [6.45, 7) is 5.40. The number of hydrogen-bond acceptors (Lipinski definition) is 5. The Kier molecular flexibility index (Phi) is 4.97. The van der Waals surface area contributed by atoms with E-state index in [1.807, 2.05) is 55.1 Å². The van der Waals surface area contributed by atoms with Crippen LogP contribution >= 0.6 is 0 Å². The Morgan fingerprint density at radius 3 is 2.80 bits per heavy atom. The van der Waals surface area contributed by atoms with E-state index in [1.54, 1.807) is 6.07 Å². The number of ether oxygens (including phenoxy) is 2. The molecule has 1 aliphatic heterocycles. The maximum atomic E-state index is 12.4. The van der Waals surface area contributed by atoms with E-state index in [1.165, 1.54) is 0 Å². The first-order valence-electron chi connectivity index (χ1n) is 8.39. The van der Waals surface area contributed by atoms with Crippen molar-refractivity contribution in [3.05, 3.63) is 42.5 Å². The summed E-state index contributed by atoms with van der Waals surface area (Å²) >= 11 is 0. The molecule has 0 aliphatic carbocycles. The monoisotopic (exact) mass is 341 g/mol. The number of rotatable bonds is 5. The van der Waals surface area contributed by atoms with Gasteiger partial charge >= 0.3 is 0 Å². The number of hydrogen-bond donors (Lipinski definition) is 2. The van der Waals surface area contributed by atoms with Crippen molar-refractivity contribution >= 4 is 23.0 Å². The first kappa shape index (κ1) is 17.0. The number of nitrogens with one attached hydrogen (secondary N) is 1. The molecule has 132 valence electrons. The van der Waals surface area contributed by atoms with Gasteiger partial charge in [0.05, 0.1) is 25.4 Å². The summed E-state index contributed by atoms with van der Waals surface area (Å²) in [7, 11) is 0. The largest absolute Gasteiger partial charge is 0.494 e. The number of benzene rings is 2. The van der Waals surface area contributed by atoms with Crippen LogP contribution < -0.4 is 25.4 Å². The van der Waals surface area contributed by atoms with Crippen LogP contribution in [0.5, 0.6) is 11.5 Å². The molecule has 0 saturated heterocycles. The van der Waals surface area contributed by atoms with Gasteiger partial charge in [-0.1, -0.05) is 0 Å². The first-order valence-corrected chi connectivity index (χ1v) is 8.39. The molecule has 0 radical (unpaired) electrons. The highest BCUT2D eigenvalue weighted by molar-refractivity contribution is 5.94. The van der Waals surface area contributed by atoms with Gasteiger partial charge in [0.2, 0.25) is 5.91 Å². The van der Waals surface area contributed by atoms with Crippen LogP contribution in [0, 0.1) is 0 Å². The van der Waals surface area contributed by atoms with Crippen LogP contribution in [0.25, 0.3) is 0 Å². The minimum atomic E-state index is -0.0911. The number of nitrogens with two attached hydrogens (primary N) is 1. The van der Waals surface area contributed by atoms with E-state index in [0.29, 0.717) is 18.8 Å². The lowest BCUT2D eigenvalue weighted by Crippen LogP contribution is -2.42. The predicted octanol–water partition coefficient (Wildman–Crippen LogP) is 2.89. The van der Waals surface area contributed by atoms with Crippen molar-refractivity contribution in [3.8, 4) is 11.5 Å². The smallest absolute Gasteiger partial charge is 0.243 e. The Balaban J connectivity index is 1.67. The lowest BCUT2D eigenvalue weighted by molar-refractivity contribution is -0.115. The minimum Gasteiger partial charge on any atom is -0.494 e. The molecule has 2 aromatic carbocycles. The highest BCUT2D eigenvalue weighted by Crippen LogP contribution is 2.34. The van der Waals surface area contributed by atoms with Crippen LogP contribution in [-0.4, -0.2) is 31.7 Å². The third kappa shape index (κ3) is 4.15. The average molecular weight is 341 g/mol. The molecule has 2 aromatic rings. The van der Waals surface area contributed by atoms with Gasteiger partial charge in [-0.2, -0.15) is 0 Å². The van der Waals surface area contributed by atoms with Crippen LogP contribution in [0.1, 0.15) is 13.8 Å². The molecule has 3 rings (SSSR count). The van der Waals surface area contributed by atoms with Crippen molar-refractivity contribution in [2.75, 3.05) is 35.6 Å². The number of nitrogens with zero attached hydrogens (tertiary/aromatic N) is 1. The summed E-state index contributed by atoms with van der Waals surface area (Å²) in [4.78, 5) is 14.4. The van der Waals surface area contributed by atoms with Crippen molar-refractivity contribution in [1.29, 1.82) is 0 Å². The van der Waals surface area contributed by atoms with Crippen LogP contribution in [0.15, 0.2) is 42.5 Å². The SMILES string of the molecule is CCOc1ccc(NC(=O)CN2CC(C)Oc3ccc(N)cc32)cc1. The van der Waals surface area contributed by atoms with E-state index < -0.39 is 0 Å². The Morgan fingerprint density at radius 1 is 1.32 bits per heavy atom. The van der Waals surface area contributed by atoms with E-state index in [4.69, 9.17) is 15.2 Å². The molecule has 1 unspecified atom stereocenters. The third-order valence-electron chi connectivity index (χ3n) is 3.91. The predicted molar refractivity (Wildman–Crippen MR) is 99.4 cm³/mol. The zero-order valence-electron chi connectivity index (χ0n) is 14.5. The van der Waals surface area contributed by atoms with Gasteiger partial charge in [0.1, 0.15) is 17.6 Å². The Morgan fingerprint density at radius 2 is 2.08 bits per heavy atom. The first-order chi connectivity index (χ1) is 12.0. The van der Waals surface area contributed by atoms with Crippen molar-refractivity contribution in [2.45, 2.75) is 20.0 Å². The highest BCUT2D eigenvalue weighted by Gasteiger charge is 2.24. The van der Waals surface area contributed by atoms with Gasteiger partial charge in [-0.3, -0.25) is 4.79 Å². The molecule has 1 atom stereocenters. The number of anilines is 3. The number of carbonyl (C=O) groups is 1. The maximum absolute atomic E-state index is 12.4. The fourth-order valence-electron chi connectivity index (χ4n) is 2.87. The van der Waals surface area contributed by atoms with E-state index in [0.717, 1.165) is 22.9 Å². The lowest BCUT2D eigenvalue weighted by atomic mass is 10.2. The third-order valence-corrected chi connectivity index (χ3v) is 3.91. The molecule has 0 saturated carbocycles. The molecule has 0 fully saturated rings. The van der Waals surface area contributed by atoms with E-state index in [-0.39, 0.29) is 18.6 Å². The van der Waals surface area contributed by atoms with Gasteiger partial charge in [0.25, 0.3) is 0 Å². The standard InChI is InChI=1S/C19H23N3O3/c1-3-24-16-7-5-15(6-8-16)21-19(23)12-22-11-13(2)25-18-9-4-14(20)10-17(18)22/h4-10,13H,3,11-12,20H2,1-2H3,(H,21,23). The van der Waals surface area contributed by atoms with Gasteiger partial charge in [0.15, 0.2) is 0 Å². The maximum Gasteiger partial charge on any atom is 0.243 e. The molecule has 0 bridgehead atoms. The molecule has 1 heterocycles. The van der Waals surface area contributed by atoms with Gasteiger partial charge in [0, 0.05) is 11.4 Å². The molecular weight excluding hydrogens is 318 g/mol. The summed E-state index contributed by atoms with van der Waals surface area (Å²) < 4.78 is 11.2. The second-order valence-electron chi connectivity index (χ2n) is 6.04. The summed E-state index contributed by atoms with van der Waals surface area (Å²) in [6, 6.07) is 12.8. The highest BCUT2D eigenvalue weighted by atomic mass is 16.5. The summed E-state index contributed by atoms with van der Waals surface area (Å²) in [5.41, 5.74) is 8.11. The van der Waals surface area contributed by atoms with Crippen LogP contribution in [0.2, 0.25) is 0 Å². The quantitative estimate of drug-likeness (QED) is 0.818. The van der Waals surface area contributed by atoms with Crippen molar-refractivity contribution in [2.24, 2.45) is 0 Å². The van der Waals surface area contributed by atoms with Gasteiger partial charge < -0.3 is 25.4 Å². The second kappa shape index (κ2) is 7.34. The fourth-order valence-corrected chi connectivity index (χ4v) is 2.87.